The van der Waals surface area contributed by atoms with Crippen LogP contribution in [0.15, 0.2) is 29.2 Å². The van der Waals surface area contributed by atoms with Crippen molar-refractivity contribution in [3.05, 3.63) is 29.3 Å². The smallest absolute Gasteiger partial charge is 0.243 e. The van der Waals surface area contributed by atoms with E-state index in [1.54, 1.807) is 12.1 Å². The van der Waals surface area contributed by atoms with Gasteiger partial charge in [0.25, 0.3) is 0 Å². The van der Waals surface area contributed by atoms with Crippen LogP contribution in [0.2, 0.25) is 5.02 Å². The molecule has 3 rings (SSSR count). The zero-order valence-electron chi connectivity index (χ0n) is 15.2. The molecular formula is C19H27ClN2O3S. The minimum Gasteiger partial charge on any atom is -0.353 e. The minimum atomic E-state index is -3.52. The number of rotatable bonds is 4. The average Bonchev–Trinajstić information content (AvgIpc) is 2.64. The van der Waals surface area contributed by atoms with Crippen molar-refractivity contribution < 1.29 is 13.2 Å². The Morgan fingerprint density at radius 2 is 1.62 bits per heavy atom. The lowest BCUT2D eigenvalue weighted by atomic mass is 9.87. The monoisotopic (exact) mass is 398 g/mol. The maximum Gasteiger partial charge on any atom is 0.243 e. The Morgan fingerprint density at radius 1 is 1.04 bits per heavy atom. The van der Waals surface area contributed by atoms with E-state index in [1.165, 1.54) is 29.3 Å². The summed E-state index contributed by atoms with van der Waals surface area (Å²) in [6.07, 6.45) is 5.59. The quantitative estimate of drug-likeness (QED) is 0.844. The third-order valence-electron chi connectivity index (χ3n) is 5.64. The fraction of sp³-hybridized carbons (Fsp3) is 0.632. The van der Waals surface area contributed by atoms with Crippen molar-refractivity contribution in [1.82, 2.24) is 9.62 Å². The highest BCUT2D eigenvalue weighted by atomic mass is 35.5. The lowest BCUT2D eigenvalue weighted by Crippen LogP contribution is -2.46. The Morgan fingerprint density at radius 3 is 2.19 bits per heavy atom. The second-order valence-electron chi connectivity index (χ2n) is 7.60. The number of hydrogen-bond acceptors (Lipinski definition) is 3. The lowest BCUT2D eigenvalue weighted by molar-refractivity contribution is -0.127. The van der Waals surface area contributed by atoms with E-state index in [4.69, 9.17) is 11.6 Å². The molecule has 1 N–H and O–H groups in total. The Hall–Kier alpha value is -1.11. The second kappa shape index (κ2) is 8.28. The van der Waals surface area contributed by atoms with Gasteiger partial charge in [-0.05, 0) is 68.7 Å². The number of nitrogens with zero attached hydrogens (tertiary/aromatic N) is 1. The van der Waals surface area contributed by atoms with Crippen LogP contribution < -0.4 is 5.32 Å². The zero-order valence-corrected chi connectivity index (χ0v) is 16.7. The predicted molar refractivity (Wildman–Crippen MR) is 102 cm³/mol. The van der Waals surface area contributed by atoms with E-state index in [0.29, 0.717) is 31.0 Å². The molecular weight excluding hydrogens is 372 g/mol. The molecule has 144 valence electrons. The van der Waals surface area contributed by atoms with E-state index in [-0.39, 0.29) is 22.8 Å². The van der Waals surface area contributed by atoms with Gasteiger partial charge in [0.1, 0.15) is 0 Å². The lowest BCUT2D eigenvalue weighted by Gasteiger charge is -2.32. The highest BCUT2D eigenvalue weighted by molar-refractivity contribution is 7.89. The molecule has 1 amide bonds. The molecule has 1 saturated carbocycles. The van der Waals surface area contributed by atoms with Crippen LogP contribution in [0.3, 0.4) is 0 Å². The first-order chi connectivity index (χ1) is 12.4. The third-order valence-corrected chi connectivity index (χ3v) is 7.80. The zero-order chi connectivity index (χ0) is 18.7. The van der Waals surface area contributed by atoms with Crippen LogP contribution in [-0.4, -0.2) is 37.8 Å². The molecule has 1 saturated heterocycles. The normalized spacial score (nSPS) is 25.8. The number of hydrogen-bond donors (Lipinski definition) is 1. The van der Waals surface area contributed by atoms with Crippen molar-refractivity contribution >= 4 is 27.5 Å². The van der Waals surface area contributed by atoms with Gasteiger partial charge in [0.15, 0.2) is 0 Å². The molecule has 0 radical (unpaired) electrons. The number of halogens is 1. The third kappa shape index (κ3) is 4.59. The number of nitrogens with one attached hydrogen (secondary N) is 1. The molecule has 0 bridgehead atoms. The van der Waals surface area contributed by atoms with E-state index in [0.717, 1.165) is 18.8 Å². The largest absolute Gasteiger partial charge is 0.353 e. The Bertz CT molecular complexity index is 720. The molecule has 0 aromatic heterocycles. The van der Waals surface area contributed by atoms with Gasteiger partial charge in [-0.1, -0.05) is 18.5 Å². The van der Waals surface area contributed by atoms with Gasteiger partial charge in [0.05, 0.1) is 4.90 Å². The summed E-state index contributed by atoms with van der Waals surface area (Å²) in [6, 6.07) is 6.51. The first-order valence-electron chi connectivity index (χ1n) is 9.42. The summed E-state index contributed by atoms with van der Waals surface area (Å²) in [5.74, 6) is 0.753. The molecule has 2 fully saturated rings. The molecule has 1 aromatic carbocycles. The van der Waals surface area contributed by atoms with Crippen LogP contribution in [0.1, 0.15) is 45.4 Å². The fourth-order valence-electron chi connectivity index (χ4n) is 3.84. The van der Waals surface area contributed by atoms with E-state index in [9.17, 15) is 13.2 Å². The van der Waals surface area contributed by atoms with Crippen molar-refractivity contribution in [3.63, 3.8) is 0 Å². The van der Waals surface area contributed by atoms with Gasteiger partial charge in [-0.3, -0.25) is 4.79 Å². The van der Waals surface area contributed by atoms with E-state index in [1.807, 2.05) is 0 Å². The molecule has 0 spiro atoms. The SMILES string of the molecule is CC1CCC(NC(=O)C2CCN(S(=O)(=O)c3ccc(Cl)cc3)CC2)CC1. The summed E-state index contributed by atoms with van der Waals surface area (Å²) in [6.45, 7) is 3.02. The summed E-state index contributed by atoms with van der Waals surface area (Å²) in [5.41, 5.74) is 0. The van der Waals surface area contributed by atoms with Crippen LogP contribution in [0, 0.1) is 11.8 Å². The molecule has 1 aliphatic carbocycles. The van der Waals surface area contributed by atoms with Gasteiger partial charge < -0.3 is 5.32 Å². The topological polar surface area (TPSA) is 66.5 Å². The van der Waals surface area contributed by atoms with Gasteiger partial charge in [-0.15, -0.1) is 0 Å². The highest BCUT2D eigenvalue weighted by Gasteiger charge is 2.33. The number of sulfonamides is 1. The molecule has 26 heavy (non-hydrogen) atoms. The highest BCUT2D eigenvalue weighted by Crippen LogP contribution is 2.27. The van der Waals surface area contributed by atoms with Crippen molar-refractivity contribution in [3.8, 4) is 0 Å². The van der Waals surface area contributed by atoms with Crippen molar-refractivity contribution in [2.24, 2.45) is 11.8 Å². The summed E-state index contributed by atoms with van der Waals surface area (Å²) >= 11 is 5.84. The molecule has 2 aliphatic rings. The molecule has 1 aliphatic heterocycles. The average molecular weight is 399 g/mol. The van der Waals surface area contributed by atoms with E-state index < -0.39 is 10.0 Å². The summed E-state index contributed by atoms with van der Waals surface area (Å²) in [7, 11) is -3.52. The predicted octanol–water partition coefficient (Wildman–Crippen LogP) is 3.44. The Labute approximate surface area is 161 Å². The maximum atomic E-state index is 12.7. The van der Waals surface area contributed by atoms with Crippen LogP contribution in [-0.2, 0) is 14.8 Å². The first-order valence-corrected chi connectivity index (χ1v) is 11.2. The molecule has 1 heterocycles. The standard InChI is InChI=1S/C19H27ClN2O3S/c1-14-2-6-17(7-3-14)21-19(23)15-10-12-22(13-11-15)26(24,25)18-8-4-16(20)5-9-18/h4-5,8-9,14-15,17H,2-3,6-7,10-13H2,1H3,(H,21,23). The maximum absolute atomic E-state index is 12.7. The van der Waals surface area contributed by atoms with Gasteiger partial charge in [0, 0.05) is 30.1 Å². The van der Waals surface area contributed by atoms with E-state index in [2.05, 4.69) is 12.2 Å². The number of piperidine rings is 1. The molecule has 1 aromatic rings. The summed E-state index contributed by atoms with van der Waals surface area (Å²) in [4.78, 5) is 12.8. The van der Waals surface area contributed by atoms with E-state index >= 15 is 0 Å². The minimum absolute atomic E-state index is 0.0908. The number of carbonyl (C=O) groups is 1. The molecule has 0 atom stereocenters. The van der Waals surface area contributed by atoms with Gasteiger partial charge >= 0.3 is 0 Å². The van der Waals surface area contributed by atoms with Crippen LogP contribution in [0.25, 0.3) is 0 Å². The van der Waals surface area contributed by atoms with Crippen LogP contribution in [0.5, 0.6) is 0 Å². The van der Waals surface area contributed by atoms with Crippen molar-refractivity contribution in [1.29, 1.82) is 0 Å². The second-order valence-corrected chi connectivity index (χ2v) is 9.97. The Kier molecular flexibility index (Phi) is 6.25. The van der Waals surface area contributed by atoms with Crippen molar-refractivity contribution in [2.45, 2.75) is 56.4 Å². The number of benzene rings is 1. The number of carbonyl (C=O) groups excluding carboxylic acids is 1. The summed E-state index contributed by atoms with van der Waals surface area (Å²) in [5, 5.41) is 3.69. The first kappa shape index (κ1) is 19.6. The molecule has 5 nitrogen and oxygen atoms in total. The van der Waals surface area contributed by atoms with Crippen molar-refractivity contribution in [2.75, 3.05) is 13.1 Å². The van der Waals surface area contributed by atoms with Crippen LogP contribution >= 0.6 is 11.6 Å². The van der Waals surface area contributed by atoms with Crippen LogP contribution in [0.4, 0.5) is 0 Å². The molecule has 7 heteroatoms. The Balaban J connectivity index is 1.53. The summed E-state index contributed by atoms with van der Waals surface area (Å²) < 4.78 is 26.9. The van der Waals surface area contributed by atoms with Gasteiger partial charge in [0.2, 0.25) is 15.9 Å². The number of amides is 1. The molecule has 0 unspecified atom stereocenters. The van der Waals surface area contributed by atoms with Gasteiger partial charge in [-0.2, -0.15) is 4.31 Å². The fourth-order valence-corrected chi connectivity index (χ4v) is 5.43. The van der Waals surface area contributed by atoms with Gasteiger partial charge in [-0.25, -0.2) is 8.42 Å².